The van der Waals surface area contributed by atoms with Gasteiger partial charge in [-0.1, -0.05) is 78.6 Å². The number of unbranched alkanes of at least 4 members (excludes halogenated alkanes) is 8. The Morgan fingerprint density at radius 1 is 0.615 bits per heavy atom. The second-order valence-electron chi connectivity index (χ2n) is 8.85. The quantitative estimate of drug-likeness (QED) is 0.297. The van der Waals surface area contributed by atoms with Crippen LogP contribution in [0.4, 0.5) is 0 Å². The van der Waals surface area contributed by atoms with Crippen LogP contribution in [0.2, 0.25) is 0 Å². The molecule has 0 spiro atoms. The van der Waals surface area contributed by atoms with E-state index in [0.717, 1.165) is 0 Å². The van der Waals surface area contributed by atoms with Gasteiger partial charge in [-0.15, -0.1) is 0 Å². The lowest BCUT2D eigenvalue weighted by molar-refractivity contribution is -0.0629. The van der Waals surface area contributed by atoms with E-state index in [1.807, 2.05) is 0 Å². The Kier molecular flexibility index (Phi) is 11.2. The monoisotopic (exact) mass is 366 g/mol. The maximum atomic E-state index is 6.41. The third kappa shape index (κ3) is 7.50. The minimum Gasteiger partial charge on any atom is -0.375 e. The molecule has 26 heavy (non-hydrogen) atoms. The van der Waals surface area contributed by atoms with Gasteiger partial charge in [-0.3, -0.25) is 0 Å². The Bertz CT molecular complexity index is 321. The summed E-state index contributed by atoms with van der Waals surface area (Å²) in [6, 6.07) is 0. The van der Waals surface area contributed by atoms with Crippen LogP contribution >= 0.6 is 0 Å². The summed E-state index contributed by atoms with van der Waals surface area (Å²) in [6.07, 6.45) is 23.4. The van der Waals surface area contributed by atoms with E-state index in [2.05, 4.69) is 20.8 Å². The average Bonchev–Trinajstić information content (AvgIpc) is 3.32. The van der Waals surface area contributed by atoms with Crippen molar-refractivity contribution in [2.24, 2.45) is 5.92 Å². The van der Waals surface area contributed by atoms with Crippen LogP contribution in [-0.4, -0.2) is 24.4 Å². The molecule has 0 saturated carbocycles. The van der Waals surface area contributed by atoms with Gasteiger partial charge in [0.2, 0.25) is 0 Å². The van der Waals surface area contributed by atoms with Crippen LogP contribution in [0, 0.1) is 5.92 Å². The molecular formula is C24H46O2. The highest BCUT2D eigenvalue weighted by Gasteiger charge is 2.38. The third-order valence-electron chi connectivity index (χ3n) is 6.79. The topological polar surface area (TPSA) is 18.5 Å². The molecule has 2 saturated heterocycles. The molecule has 4 unspecified atom stereocenters. The number of hydrogen-bond donors (Lipinski definition) is 0. The van der Waals surface area contributed by atoms with Crippen molar-refractivity contribution in [2.45, 2.75) is 148 Å². The molecule has 0 aromatic heterocycles. The second kappa shape index (κ2) is 13.2. The van der Waals surface area contributed by atoms with Crippen molar-refractivity contribution < 1.29 is 9.47 Å². The van der Waals surface area contributed by atoms with E-state index >= 15 is 0 Å². The fourth-order valence-corrected chi connectivity index (χ4v) is 5.00. The van der Waals surface area contributed by atoms with Gasteiger partial charge < -0.3 is 9.47 Å². The molecule has 0 aromatic rings. The molecule has 0 aliphatic carbocycles. The summed E-state index contributed by atoms with van der Waals surface area (Å²) >= 11 is 0. The van der Waals surface area contributed by atoms with Crippen LogP contribution in [0.15, 0.2) is 0 Å². The van der Waals surface area contributed by atoms with E-state index in [4.69, 9.17) is 9.47 Å². The highest BCUT2D eigenvalue weighted by molar-refractivity contribution is 4.87. The zero-order valence-electron chi connectivity index (χ0n) is 18.0. The SMILES string of the molecule is CCCCCCCCCCCC(C1CCC(CC)O1)C1CCC(CC)O1. The maximum Gasteiger partial charge on any atom is 0.0632 e. The lowest BCUT2D eigenvalue weighted by atomic mass is 9.87. The fourth-order valence-electron chi connectivity index (χ4n) is 5.00. The van der Waals surface area contributed by atoms with Gasteiger partial charge in [0.25, 0.3) is 0 Å². The summed E-state index contributed by atoms with van der Waals surface area (Å²) in [4.78, 5) is 0. The zero-order chi connectivity index (χ0) is 18.6. The first kappa shape index (κ1) is 22.2. The van der Waals surface area contributed by atoms with Crippen molar-refractivity contribution in [3.8, 4) is 0 Å². The molecule has 2 aliphatic heterocycles. The van der Waals surface area contributed by atoms with E-state index in [1.165, 1.54) is 103 Å². The Morgan fingerprint density at radius 3 is 1.50 bits per heavy atom. The zero-order valence-corrected chi connectivity index (χ0v) is 18.0. The van der Waals surface area contributed by atoms with Gasteiger partial charge in [-0.2, -0.15) is 0 Å². The van der Waals surface area contributed by atoms with Crippen LogP contribution in [0.25, 0.3) is 0 Å². The molecule has 2 aliphatic rings. The van der Waals surface area contributed by atoms with Crippen molar-refractivity contribution in [3.05, 3.63) is 0 Å². The minimum absolute atomic E-state index is 0.467. The largest absolute Gasteiger partial charge is 0.375 e. The standard InChI is InChI=1S/C24H46O2/c1-4-7-8-9-10-11-12-13-14-15-22(23-18-16-20(5-2)25-23)24-19-17-21(6-3)26-24/h20-24H,4-19H2,1-3H3. The van der Waals surface area contributed by atoms with Gasteiger partial charge in [0.1, 0.15) is 0 Å². The van der Waals surface area contributed by atoms with Gasteiger partial charge in [-0.25, -0.2) is 0 Å². The third-order valence-corrected chi connectivity index (χ3v) is 6.79. The van der Waals surface area contributed by atoms with Crippen molar-refractivity contribution >= 4 is 0 Å². The maximum absolute atomic E-state index is 6.41. The highest BCUT2D eigenvalue weighted by atomic mass is 16.5. The molecule has 0 N–H and O–H groups in total. The summed E-state index contributed by atoms with van der Waals surface area (Å²) in [5.41, 5.74) is 0. The normalized spacial score (nSPS) is 30.1. The summed E-state index contributed by atoms with van der Waals surface area (Å²) in [5, 5.41) is 0. The van der Waals surface area contributed by atoms with E-state index in [0.29, 0.717) is 30.3 Å². The first-order valence-corrected chi connectivity index (χ1v) is 12.1. The van der Waals surface area contributed by atoms with E-state index in [1.54, 1.807) is 0 Å². The predicted octanol–water partition coefficient (Wildman–Crippen LogP) is 7.44. The van der Waals surface area contributed by atoms with Gasteiger partial charge in [-0.05, 0) is 44.9 Å². The number of hydrogen-bond acceptors (Lipinski definition) is 2. The van der Waals surface area contributed by atoms with Crippen LogP contribution < -0.4 is 0 Å². The lowest BCUT2D eigenvalue weighted by Gasteiger charge is -2.29. The Morgan fingerprint density at radius 2 is 1.08 bits per heavy atom. The van der Waals surface area contributed by atoms with Crippen molar-refractivity contribution in [1.82, 2.24) is 0 Å². The molecule has 4 atom stereocenters. The number of ether oxygens (including phenoxy) is 2. The summed E-state index contributed by atoms with van der Waals surface area (Å²) in [7, 11) is 0. The van der Waals surface area contributed by atoms with Gasteiger partial charge in [0.15, 0.2) is 0 Å². The second-order valence-corrected chi connectivity index (χ2v) is 8.85. The first-order valence-electron chi connectivity index (χ1n) is 12.1. The Labute approximate surface area is 163 Å². The average molecular weight is 367 g/mol. The molecule has 0 amide bonds. The van der Waals surface area contributed by atoms with Gasteiger partial charge in [0, 0.05) is 5.92 Å². The molecule has 154 valence electrons. The van der Waals surface area contributed by atoms with Gasteiger partial charge >= 0.3 is 0 Å². The molecule has 2 fully saturated rings. The Hall–Kier alpha value is -0.0800. The highest BCUT2D eigenvalue weighted by Crippen LogP contribution is 2.38. The van der Waals surface area contributed by atoms with Crippen LogP contribution in [-0.2, 0) is 9.47 Å². The molecule has 0 aromatic carbocycles. The van der Waals surface area contributed by atoms with Gasteiger partial charge in [0.05, 0.1) is 24.4 Å². The molecular weight excluding hydrogens is 320 g/mol. The molecule has 2 heteroatoms. The van der Waals surface area contributed by atoms with Crippen molar-refractivity contribution in [3.63, 3.8) is 0 Å². The molecule has 2 nitrogen and oxygen atoms in total. The van der Waals surface area contributed by atoms with Crippen LogP contribution in [0.5, 0.6) is 0 Å². The fraction of sp³-hybridized carbons (Fsp3) is 1.00. The molecule has 0 radical (unpaired) electrons. The Balaban J connectivity index is 1.67. The van der Waals surface area contributed by atoms with E-state index in [-0.39, 0.29) is 0 Å². The molecule has 0 bridgehead atoms. The van der Waals surface area contributed by atoms with Crippen molar-refractivity contribution in [2.75, 3.05) is 0 Å². The van der Waals surface area contributed by atoms with E-state index in [9.17, 15) is 0 Å². The van der Waals surface area contributed by atoms with E-state index < -0.39 is 0 Å². The molecule has 2 rings (SSSR count). The first-order chi connectivity index (χ1) is 12.8. The predicted molar refractivity (Wildman–Crippen MR) is 112 cm³/mol. The summed E-state index contributed by atoms with van der Waals surface area (Å²) < 4.78 is 12.8. The van der Waals surface area contributed by atoms with Crippen molar-refractivity contribution in [1.29, 1.82) is 0 Å². The summed E-state index contributed by atoms with van der Waals surface area (Å²) in [5.74, 6) is 0.646. The lowest BCUT2D eigenvalue weighted by Crippen LogP contribution is -2.32. The smallest absolute Gasteiger partial charge is 0.0632 e. The number of rotatable bonds is 14. The minimum atomic E-state index is 0.467. The summed E-state index contributed by atoms with van der Waals surface area (Å²) in [6.45, 7) is 6.83. The van der Waals surface area contributed by atoms with Crippen LogP contribution in [0.1, 0.15) is 124 Å². The molecule has 2 heterocycles. The van der Waals surface area contributed by atoms with Crippen LogP contribution in [0.3, 0.4) is 0 Å².